The maximum atomic E-state index is 5.63. The molecule has 5 nitrogen and oxygen atoms in total. The Morgan fingerprint density at radius 2 is 2.10 bits per heavy atom. The lowest BCUT2D eigenvalue weighted by atomic mass is 10.0. The van der Waals surface area contributed by atoms with E-state index in [0.717, 1.165) is 57.2 Å². The van der Waals surface area contributed by atoms with Crippen LogP contribution < -0.4 is 10.2 Å². The second-order valence-electron chi connectivity index (χ2n) is 6.22. The smallest absolute Gasteiger partial charge is 0.137 e. The lowest BCUT2D eigenvalue weighted by molar-refractivity contribution is 0.0638. The molecular weight excluding hydrogens is 264 g/mol. The van der Waals surface area contributed by atoms with Crippen molar-refractivity contribution in [2.45, 2.75) is 52.5 Å². The molecule has 118 valence electrons. The molecule has 0 saturated carbocycles. The fourth-order valence-corrected chi connectivity index (χ4v) is 2.76. The number of nitrogens with one attached hydrogen (secondary N) is 1. The van der Waals surface area contributed by atoms with Crippen molar-refractivity contribution in [3.05, 3.63) is 11.9 Å². The lowest BCUT2D eigenvalue weighted by Gasteiger charge is -2.43. The van der Waals surface area contributed by atoms with Crippen LogP contribution in [0.5, 0.6) is 0 Å². The molecule has 2 heterocycles. The van der Waals surface area contributed by atoms with Crippen LogP contribution in [-0.4, -0.2) is 41.8 Å². The van der Waals surface area contributed by atoms with Crippen LogP contribution in [0.2, 0.25) is 0 Å². The Balaban J connectivity index is 2.36. The van der Waals surface area contributed by atoms with Gasteiger partial charge in [-0.1, -0.05) is 20.3 Å². The number of ether oxygens (including phenoxy) is 1. The maximum absolute atomic E-state index is 5.63. The molecule has 0 aliphatic carbocycles. The van der Waals surface area contributed by atoms with Crippen LogP contribution in [0.1, 0.15) is 46.1 Å². The molecule has 0 bridgehead atoms. The third-order valence-electron chi connectivity index (χ3n) is 3.87. The average Bonchev–Trinajstić information content (AvgIpc) is 2.46. The SMILES string of the molecule is CCCNc1ncnc(N2CCOCC2(C)C)c1CCC. The third kappa shape index (κ3) is 3.64. The summed E-state index contributed by atoms with van der Waals surface area (Å²) in [4.78, 5) is 11.4. The molecule has 0 spiro atoms. The molecule has 1 saturated heterocycles. The van der Waals surface area contributed by atoms with E-state index in [1.54, 1.807) is 6.33 Å². The number of aromatic nitrogens is 2. The first-order chi connectivity index (χ1) is 10.1. The monoisotopic (exact) mass is 292 g/mol. The van der Waals surface area contributed by atoms with Gasteiger partial charge in [0.2, 0.25) is 0 Å². The highest BCUT2D eigenvalue weighted by Gasteiger charge is 2.33. The van der Waals surface area contributed by atoms with Gasteiger partial charge < -0.3 is 15.0 Å². The van der Waals surface area contributed by atoms with Crippen molar-refractivity contribution in [1.82, 2.24) is 9.97 Å². The summed E-state index contributed by atoms with van der Waals surface area (Å²) in [5.74, 6) is 2.06. The summed E-state index contributed by atoms with van der Waals surface area (Å²) in [6, 6.07) is 0. The maximum Gasteiger partial charge on any atom is 0.137 e. The predicted octanol–water partition coefficient (Wildman–Crippen LogP) is 2.87. The second kappa shape index (κ2) is 7.07. The predicted molar refractivity (Wildman–Crippen MR) is 87.1 cm³/mol. The Kier molecular flexibility index (Phi) is 5.39. The molecule has 1 aromatic heterocycles. The molecule has 1 fully saturated rings. The van der Waals surface area contributed by atoms with Gasteiger partial charge in [-0.2, -0.15) is 0 Å². The van der Waals surface area contributed by atoms with Gasteiger partial charge in [0.05, 0.1) is 18.8 Å². The largest absolute Gasteiger partial charge is 0.377 e. The van der Waals surface area contributed by atoms with Crippen molar-refractivity contribution in [3.63, 3.8) is 0 Å². The van der Waals surface area contributed by atoms with Gasteiger partial charge in [-0.05, 0) is 26.7 Å². The lowest BCUT2D eigenvalue weighted by Crippen LogP contribution is -2.54. The normalized spacial score (nSPS) is 17.8. The molecular formula is C16H28N4O. The van der Waals surface area contributed by atoms with Crippen molar-refractivity contribution in [1.29, 1.82) is 0 Å². The van der Waals surface area contributed by atoms with Crippen LogP contribution in [0.15, 0.2) is 6.33 Å². The first-order valence-electron chi connectivity index (χ1n) is 8.03. The van der Waals surface area contributed by atoms with Crippen molar-refractivity contribution in [3.8, 4) is 0 Å². The summed E-state index contributed by atoms with van der Waals surface area (Å²) < 4.78 is 5.63. The molecule has 0 amide bonds. The molecule has 0 atom stereocenters. The molecule has 0 unspecified atom stereocenters. The molecule has 0 radical (unpaired) electrons. The Morgan fingerprint density at radius 3 is 2.76 bits per heavy atom. The fourth-order valence-electron chi connectivity index (χ4n) is 2.76. The van der Waals surface area contributed by atoms with Gasteiger partial charge in [0, 0.05) is 18.7 Å². The van der Waals surface area contributed by atoms with Crippen LogP contribution >= 0.6 is 0 Å². The molecule has 1 aliphatic heterocycles. The number of nitrogens with zero attached hydrogens (tertiary/aromatic N) is 3. The molecule has 1 aromatic rings. The van der Waals surface area contributed by atoms with E-state index in [-0.39, 0.29) is 5.54 Å². The van der Waals surface area contributed by atoms with Crippen molar-refractivity contribution in [2.75, 3.05) is 36.5 Å². The molecule has 2 rings (SSSR count). The first-order valence-corrected chi connectivity index (χ1v) is 8.03. The molecule has 1 aliphatic rings. The minimum Gasteiger partial charge on any atom is -0.377 e. The van der Waals surface area contributed by atoms with E-state index < -0.39 is 0 Å². The van der Waals surface area contributed by atoms with E-state index in [2.05, 4.69) is 47.9 Å². The number of rotatable bonds is 6. The van der Waals surface area contributed by atoms with Gasteiger partial charge in [0.15, 0.2) is 0 Å². The van der Waals surface area contributed by atoms with E-state index in [0.29, 0.717) is 0 Å². The highest BCUT2D eigenvalue weighted by Crippen LogP contribution is 2.31. The van der Waals surface area contributed by atoms with Crippen molar-refractivity contribution >= 4 is 11.6 Å². The average molecular weight is 292 g/mol. The summed E-state index contributed by atoms with van der Waals surface area (Å²) in [5, 5.41) is 3.45. The summed E-state index contributed by atoms with van der Waals surface area (Å²) in [5.41, 5.74) is 1.21. The van der Waals surface area contributed by atoms with Gasteiger partial charge in [0.1, 0.15) is 18.0 Å². The van der Waals surface area contributed by atoms with Gasteiger partial charge in [0.25, 0.3) is 0 Å². The number of hydrogen-bond donors (Lipinski definition) is 1. The zero-order valence-electron chi connectivity index (χ0n) is 13.8. The topological polar surface area (TPSA) is 50.3 Å². The van der Waals surface area contributed by atoms with E-state index in [4.69, 9.17) is 4.74 Å². The number of morpholine rings is 1. The minimum absolute atomic E-state index is 0.0306. The highest BCUT2D eigenvalue weighted by molar-refractivity contribution is 5.60. The van der Waals surface area contributed by atoms with Gasteiger partial charge in [-0.3, -0.25) is 0 Å². The Morgan fingerprint density at radius 1 is 1.29 bits per heavy atom. The zero-order chi connectivity index (χ0) is 15.3. The first kappa shape index (κ1) is 16.0. The fraction of sp³-hybridized carbons (Fsp3) is 0.750. The number of anilines is 2. The minimum atomic E-state index is -0.0306. The second-order valence-corrected chi connectivity index (χ2v) is 6.22. The van der Waals surface area contributed by atoms with Crippen LogP contribution in [0.25, 0.3) is 0 Å². The Hall–Kier alpha value is -1.36. The van der Waals surface area contributed by atoms with E-state index in [1.165, 1.54) is 5.56 Å². The molecule has 0 aromatic carbocycles. The van der Waals surface area contributed by atoms with Gasteiger partial charge >= 0.3 is 0 Å². The van der Waals surface area contributed by atoms with Crippen LogP contribution in [0.3, 0.4) is 0 Å². The van der Waals surface area contributed by atoms with Crippen molar-refractivity contribution < 1.29 is 4.74 Å². The van der Waals surface area contributed by atoms with Crippen LogP contribution in [0.4, 0.5) is 11.6 Å². The standard InChI is InChI=1S/C16H28N4O/c1-5-7-13-14(17-8-6-2)18-12-19-15(13)20-9-10-21-11-16(20,3)4/h12H,5-11H2,1-4H3,(H,17,18,19). The Bertz CT molecular complexity index is 462. The zero-order valence-corrected chi connectivity index (χ0v) is 13.8. The van der Waals surface area contributed by atoms with Gasteiger partial charge in [-0.15, -0.1) is 0 Å². The van der Waals surface area contributed by atoms with E-state index in [1.807, 2.05) is 0 Å². The summed E-state index contributed by atoms with van der Waals surface area (Å²) in [6.07, 6.45) is 4.85. The molecule has 21 heavy (non-hydrogen) atoms. The quantitative estimate of drug-likeness (QED) is 0.873. The summed E-state index contributed by atoms with van der Waals surface area (Å²) >= 11 is 0. The van der Waals surface area contributed by atoms with E-state index >= 15 is 0 Å². The van der Waals surface area contributed by atoms with Crippen LogP contribution in [-0.2, 0) is 11.2 Å². The summed E-state index contributed by atoms with van der Waals surface area (Å²) in [7, 11) is 0. The Labute approximate surface area is 128 Å². The highest BCUT2D eigenvalue weighted by atomic mass is 16.5. The molecule has 5 heteroatoms. The summed E-state index contributed by atoms with van der Waals surface area (Å²) in [6.45, 7) is 12.1. The molecule has 1 N–H and O–H groups in total. The number of hydrogen-bond acceptors (Lipinski definition) is 5. The van der Waals surface area contributed by atoms with Crippen LogP contribution in [0, 0.1) is 0 Å². The van der Waals surface area contributed by atoms with E-state index in [9.17, 15) is 0 Å². The van der Waals surface area contributed by atoms with Crippen molar-refractivity contribution in [2.24, 2.45) is 0 Å². The third-order valence-corrected chi connectivity index (χ3v) is 3.87. The van der Waals surface area contributed by atoms with Gasteiger partial charge in [-0.25, -0.2) is 9.97 Å².